The van der Waals surface area contributed by atoms with E-state index in [1.165, 1.54) is 0 Å². The molecule has 0 aromatic carbocycles. The van der Waals surface area contributed by atoms with Crippen LogP contribution in [0.4, 0.5) is 10.7 Å². The molecule has 6 nitrogen and oxygen atoms in total. The summed E-state index contributed by atoms with van der Waals surface area (Å²) in [7, 11) is 0. The molecule has 2 heterocycles. The van der Waals surface area contributed by atoms with E-state index in [0.717, 1.165) is 37.3 Å². The van der Waals surface area contributed by atoms with Crippen molar-refractivity contribution in [3.05, 3.63) is 10.4 Å². The van der Waals surface area contributed by atoms with Crippen LogP contribution >= 0.6 is 11.3 Å². The van der Waals surface area contributed by atoms with E-state index in [1.807, 2.05) is 4.90 Å². The van der Waals surface area contributed by atoms with Gasteiger partial charge in [-0.3, -0.25) is 9.59 Å². The molecular formula is C10H14N4O2S. The minimum atomic E-state index is -0.625. The highest BCUT2D eigenvalue weighted by atomic mass is 32.1. The molecule has 1 aliphatic heterocycles. The van der Waals surface area contributed by atoms with Gasteiger partial charge in [-0.1, -0.05) is 0 Å². The van der Waals surface area contributed by atoms with Gasteiger partial charge in [-0.25, -0.2) is 0 Å². The Morgan fingerprint density at radius 2 is 1.71 bits per heavy atom. The van der Waals surface area contributed by atoms with Crippen LogP contribution in [0.25, 0.3) is 0 Å². The van der Waals surface area contributed by atoms with Crippen molar-refractivity contribution in [3.8, 4) is 0 Å². The second-order valence-corrected chi connectivity index (χ2v) is 4.95. The van der Waals surface area contributed by atoms with Gasteiger partial charge in [-0.05, 0) is 12.8 Å². The van der Waals surface area contributed by atoms with E-state index >= 15 is 0 Å². The molecule has 0 saturated carbocycles. The molecule has 6 N–H and O–H groups in total. The Balaban J connectivity index is 2.52. The second kappa shape index (κ2) is 4.25. The topological polar surface area (TPSA) is 115 Å². The van der Waals surface area contributed by atoms with Crippen LogP contribution in [0.3, 0.4) is 0 Å². The number of rotatable bonds is 3. The molecule has 1 aromatic rings. The molecule has 1 aliphatic rings. The van der Waals surface area contributed by atoms with Gasteiger partial charge in [-0.2, -0.15) is 0 Å². The molecule has 0 bridgehead atoms. The van der Waals surface area contributed by atoms with Crippen molar-refractivity contribution in [2.24, 2.45) is 11.5 Å². The molecule has 7 heteroatoms. The van der Waals surface area contributed by atoms with Crippen LogP contribution in [0, 0.1) is 0 Å². The first kappa shape index (κ1) is 11.7. The molecule has 2 amide bonds. The van der Waals surface area contributed by atoms with Crippen molar-refractivity contribution >= 4 is 33.8 Å². The normalized spacial score (nSPS) is 15.2. The van der Waals surface area contributed by atoms with Gasteiger partial charge < -0.3 is 22.1 Å². The van der Waals surface area contributed by atoms with E-state index in [1.54, 1.807) is 0 Å². The first-order valence-electron chi connectivity index (χ1n) is 5.29. The van der Waals surface area contributed by atoms with Crippen LogP contribution in [-0.2, 0) is 0 Å². The van der Waals surface area contributed by atoms with Gasteiger partial charge >= 0.3 is 0 Å². The van der Waals surface area contributed by atoms with Crippen LogP contribution in [0.15, 0.2) is 0 Å². The third-order valence-electron chi connectivity index (χ3n) is 2.79. The molecule has 1 aromatic heterocycles. The molecule has 0 radical (unpaired) electrons. The number of carbonyl (C=O) groups is 2. The highest BCUT2D eigenvalue weighted by Crippen LogP contribution is 2.39. The summed E-state index contributed by atoms with van der Waals surface area (Å²) in [4.78, 5) is 24.8. The van der Waals surface area contributed by atoms with Crippen molar-refractivity contribution in [3.63, 3.8) is 0 Å². The van der Waals surface area contributed by atoms with Crippen molar-refractivity contribution < 1.29 is 9.59 Å². The average Bonchev–Trinajstić information content (AvgIpc) is 2.82. The van der Waals surface area contributed by atoms with E-state index in [-0.39, 0.29) is 16.1 Å². The summed E-state index contributed by atoms with van der Waals surface area (Å²) in [5.74, 6) is -1.24. The number of nitrogen functional groups attached to an aromatic ring is 1. The van der Waals surface area contributed by atoms with Gasteiger partial charge in [0.05, 0.1) is 11.3 Å². The van der Waals surface area contributed by atoms with Crippen LogP contribution < -0.4 is 22.1 Å². The van der Waals surface area contributed by atoms with Crippen LogP contribution in [0.2, 0.25) is 0 Å². The lowest BCUT2D eigenvalue weighted by molar-refractivity contribution is 0.0999. The van der Waals surface area contributed by atoms with E-state index in [9.17, 15) is 9.59 Å². The molecule has 0 unspecified atom stereocenters. The minimum Gasteiger partial charge on any atom is -0.397 e. The van der Waals surface area contributed by atoms with Crippen LogP contribution in [0.5, 0.6) is 0 Å². The van der Waals surface area contributed by atoms with Gasteiger partial charge in [0, 0.05) is 13.1 Å². The lowest BCUT2D eigenvalue weighted by atomic mass is 10.2. The molecule has 0 spiro atoms. The lowest BCUT2D eigenvalue weighted by Crippen LogP contribution is -2.22. The maximum absolute atomic E-state index is 11.4. The molecule has 92 valence electrons. The summed E-state index contributed by atoms with van der Waals surface area (Å²) in [5.41, 5.74) is 16.6. The Morgan fingerprint density at radius 1 is 1.12 bits per heavy atom. The number of hydrogen-bond donors (Lipinski definition) is 3. The Hall–Kier alpha value is -1.76. The van der Waals surface area contributed by atoms with E-state index in [2.05, 4.69) is 0 Å². The highest BCUT2D eigenvalue weighted by Gasteiger charge is 2.27. The Kier molecular flexibility index (Phi) is 2.93. The largest absolute Gasteiger partial charge is 0.397 e. The first-order valence-corrected chi connectivity index (χ1v) is 6.11. The van der Waals surface area contributed by atoms with Crippen LogP contribution in [-0.4, -0.2) is 24.9 Å². The number of primary amides is 2. The standard InChI is InChI=1S/C10H14N4O2S/c11-6-5(8(12)15)10(14-3-1-2-4-14)17-7(6)9(13)16/h1-4,11H2,(H2,12,15)(H2,13,16). The number of amides is 2. The summed E-state index contributed by atoms with van der Waals surface area (Å²) in [6, 6.07) is 0. The van der Waals surface area contributed by atoms with Gasteiger partial charge in [0.15, 0.2) is 0 Å². The van der Waals surface area contributed by atoms with Gasteiger partial charge in [0.25, 0.3) is 11.8 Å². The second-order valence-electron chi connectivity index (χ2n) is 3.95. The fraction of sp³-hybridized carbons (Fsp3) is 0.400. The molecule has 1 fully saturated rings. The summed E-state index contributed by atoms with van der Waals surface area (Å²) in [6.07, 6.45) is 2.11. The van der Waals surface area contributed by atoms with Gasteiger partial charge in [-0.15, -0.1) is 11.3 Å². The summed E-state index contributed by atoms with van der Waals surface area (Å²) in [6.45, 7) is 1.69. The van der Waals surface area contributed by atoms with Crippen molar-refractivity contribution in [1.82, 2.24) is 0 Å². The number of nitrogens with zero attached hydrogens (tertiary/aromatic N) is 1. The van der Waals surface area contributed by atoms with E-state index in [0.29, 0.717) is 5.00 Å². The highest BCUT2D eigenvalue weighted by molar-refractivity contribution is 7.19. The molecule has 0 aliphatic carbocycles. The average molecular weight is 254 g/mol. The number of hydrogen-bond acceptors (Lipinski definition) is 5. The Bertz CT molecular complexity index is 477. The SMILES string of the molecule is NC(=O)c1sc(N2CCCC2)c(C(N)=O)c1N. The van der Waals surface area contributed by atoms with Crippen molar-refractivity contribution in [2.45, 2.75) is 12.8 Å². The molecule has 1 saturated heterocycles. The number of nitrogens with two attached hydrogens (primary N) is 3. The monoisotopic (exact) mass is 254 g/mol. The maximum Gasteiger partial charge on any atom is 0.260 e. The molecular weight excluding hydrogens is 240 g/mol. The quantitative estimate of drug-likeness (QED) is 0.710. The number of carbonyl (C=O) groups excluding carboxylic acids is 2. The zero-order valence-corrected chi connectivity index (χ0v) is 10.0. The first-order chi connectivity index (χ1) is 8.02. The summed E-state index contributed by atoms with van der Waals surface area (Å²) in [5, 5.41) is 0.668. The Labute approximate surface area is 102 Å². The van der Waals surface area contributed by atoms with Gasteiger partial charge in [0.1, 0.15) is 9.88 Å². The fourth-order valence-corrected chi connectivity index (χ4v) is 3.13. The van der Waals surface area contributed by atoms with Gasteiger partial charge in [0.2, 0.25) is 0 Å². The number of thiophene rings is 1. The minimum absolute atomic E-state index is 0.108. The predicted molar refractivity (Wildman–Crippen MR) is 67.2 cm³/mol. The summed E-state index contributed by atoms with van der Waals surface area (Å²) < 4.78 is 0. The zero-order chi connectivity index (χ0) is 12.6. The van der Waals surface area contributed by atoms with E-state index in [4.69, 9.17) is 17.2 Å². The predicted octanol–water partition coefficient (Wildman–Crippen LogP) is 0.128. The van der Waals surface area contributed by atoms with Crippen LogP contribution in [0.1, 0.15) is 32.9 Å². The third kappa shape index (κ3) is 1.93. The molecule has 17 heavy (non-hydrogen) atoms. The maximum atomic E-state index is 11.4. The lowest BCUT2D eigenvalue weighted by Gasteiger charge is -2.16. The van der Waals surface area contributed by atoms with E-state index < -0.39 is 11.8 Å². The summed E-state index contributed by atoms with van der Waals surface area (Å²) >= 11 is 1.15. The molecule has 0 atom stereocenters. The number of anilines is 2. The molecule has 2 rings (SSSR count). The fourth-order valence-electron chi connectivity index (χ4n) is 2.00. The zero-order valence-electron chi connectivity index (χ0n) is 9.23. The van der Waals surface area contributed by atoms with Crippen molar-refractivity contribution in [1.29, 1.82) is 0 Å². The Morgan fingerprint density at radius 3 is 2.18 bits per heavy atom. The smallest absolute Gasteiger partial charge is 0.260 e. The third-order valence-corrected chi connectivity index (χ3v) is 4.07. The van der Waals surface area contributed by atoms with Crippen molar-refractivity contribution in [2.75, 3.05) is 23.7 Å².